The van der Waals surface area contributed by atoms with Gasteiger partial charge in [0, 0.05) is 45.3 Å². The van der Waals surface area contributed by atoms with Crippen molar-refractivity contribution in [2.24, 2.45) is 0 Å². The van der Waals surface area contributed by atoms with E-state index < -0.39 is 18.4 Å². The first-order valence-corrected chi connectivity index (χ1v) is 13.5. The Hall–Kier alpha value is -4.00. The van der Waals surface area contributed by atoms with Crippen LogP contribution in [0.5, 0.6) is 0 Å². The highest BCUT2D eigenvalue weighted by Gasteiger charge is 2.26. The number of hydrogen-bond donors (Lipinski definition) is 1. The molecular formula is C27H35FN8O4. The van der Waals surface area contributed by atoms with Gasteiger partial charge < -0.3 is 29.5 Å². The average molecular weight is 555 g/mol. The van der Waals surface area contributed by atoms with Crippen LogP contribution >= 0.6 is 0 Å². The first-order valence-electron chi connectivity index (χ1n) is 13.5. The summed E-state index contributed by atoms with van der Waals surface area (Å²) in [5, 5.41) is 2.53. The van der Waals surface area contributed by atoms with Crippen molar-refractivity contribution >= 4 is 34.8 Å². The first-order chi connectivity index (χ1) is 19.2. The molecule has 214 valence electrons. The largest absolute Gasteiger partial charge is 0.444 e. The highest BCUT2D eigenvalue weighted by Crippen LogP contribution is 2.26. The third kappa shape index (κ3) is 6.24. The van der Waals surface area contributed by atoms with Crippen molar-refractivity contribution in [1.82, 2.24) is 29.7 Å². The van der Waals surface area contributed by atoms with Crippen LogP contribution in [-0.2, 0) is 20.9 Å². The van der Waals surface area contributed by atoms with Gasteiger partial charge in [0.15, 0.2) is 0 Å². The minimum absolute atomic E-state index is 0.137. The minimum Gasteiger partial charge on any atom is -0.444 e. The van der Waals surface area contributed by atoms with Gasteiger partial charge in [0.25, 0.3) is 0 Å². The van der Waals surface area contributed by atoms with Crippen LogP contribution < -0.4 is 15.1 Å². The summed E-state index contributed by atoms with van der Waals surface area (Å²) in [6.07, 6.45) is -0.625. The predicted octanol–water partition coefficient (Wildman–Crippen LogP) is 2.29. The van der Waals surface area contributed by atoms with E-state index in [1.807, 2.05) is 35.2 Å². The molecular weight excluding hydrogens is 519 g/mol. The van der Waals surface area contributed by atoms with Crippen molar-refractivity contribution in [2.75, 3.05) is 68.8 Å². The molecule has 0 radical (unpaired) electrons. The summed E-state index contributed by atoms with van der Waals surface area (Å²) in [6.45, 7) is 8.88. The second-order valence-corrected chi connectivity index (χ2v) is 10.7. The highest BCUT2D eigenvalue weighted by atomic mass is 19.1. The molecule has 2 aliphatic heterocycles. The summed E-state index contributed by atoms with van der Waals surface area (Å²) in [4.78, 5) is 44.7. The standard InChI is InChI=1S/C27H35FN8O4/c1-27(2,3)40-26(38)29-18-24(37)34-8-10-35(11-9-34)25-31-21(33-12-14-39-15-13-33)16-22(32-25)36-20-7-5-4-6-19(20)30-23(36)17-28/h4-7,16H,8-15,17-18H2,1-3H3,(H,29,38). The molecule has 13 heteroatoms. The molecule has 0 aliphatic carbocycles. The molecule has 0 unspecified atom stereocenters. The average Bonchev–Trinajstić information content (AvgIpc) is 3.34. The maximum absolute atomic E-state index is 14.1. The summed E-state index contributed by atoms with van der Waals surface area (Å²) in [5.74, 6) is 1.85. The summed E-state index contributed by atoms with van der Waals surface area (Å²) in [6, 6.07) is 9.37. The summed E-state index contributed by atoms with van der Waals surface area (Å²) in [7, 11) is 0. The van der Waals surface area contributed by atoms with Gasteiger partial charge in [0.1, 0.15) is 36.3 Å². The van der Waals surface area contributed by atoms with E-state index >= 15 is 0 Å². The van der Waals surface area contributed by atoms with Gasteiger partial charge in [0.2, 0.25) is 11.9 Å². The molecule has 0 spiro atoms. The lowest BCUT2D eigenvalue weighted by atomic mass is 10.2. The van der Waals surface area contributed by atoms with E-state index in [-0.39, 0.29) is 18.3 Å². The smallest absolute Gasteiger partial charge is 0.408 e. The molecule has 3 aromatic rings. The van der Waals surface area contributed by atoms with Crippen LogP contribution in [0.4, 0.5) is 21.0 Å². The summed E-state index contributed by atoms with van der Waals surface area (Å²) >= 11 is 0. The van der Waals surface area contributed by atoms with Crippen LogP contribution in [0, 0.1) is 0 Å². The molecule has 12 nitrogen and oxygen atoms in total. The number of fused-ring (bicyclic) bond motifs is 1. The molecule has 4 heterocycles. The van der Waals surface area contributed by atoms with Gasteiger partial charge in [-0.1, -0.05) is 12.1 Å². The molecule has 0 bridgehead atoms. The number of anilines is 2. The third-order valence-corrected chi connectivity index (χ3v) is 6.70. The van der Waals surface area contributed by atoms with E-state index in [9.17, 15) is 14.0 Å². The summed E-state index contributed by atoms with van der Waals surface area (Å²) < 4.78 is 26.6. The van der Waals surface area contributed by atoms with Gasteiger partial charge in [-0.3, -0.25) is 9.36 Å². The van der Waals surface area contributed by atoms with Gasteiger partial charge >= 0.3 is 6.09 Å². The number of nitrogens with zero attached hydrogens (tertiary/aromatic N) is 7. The third-order valence-electron chi connectivity index (χ3n) is 6.70. The lowest BCUT2D eigenvalue weighted by Crippen LogP contribution is -2.52. The number of alkyl halides is 1. The van der Waals surface area contributed by atoms with E-state index in [4.69, 9.17) is 19.4 Å². The second-order valence-electron chi connectivity index (χ2n) is 10.7. The Morgan fingerprint density at radius 1 is 0.975 bits per heavy atom. The van der Waals surface area contributed by atoms with Crippen LogP contribution in [0.2, 0.25) is 0 Å². The Kier molecular flexibility index (Phi) is 8.01. The molecule has 1 aromatic carbocycles. The molecule has 5 rings (SSSR count). The molecule has 2 amide bonds. The number of aromatic nitrogens is 4. The van der Waals surface area contributed by atoms with Gasteiger partial charge in [-0.2, -0.15) is 9.97 Å². The molecule has 2 saturated heterocycles. The Bertz CT molecular complexity index is 1360. The minimum atomic E-state index is -0.737. The maximum Gasteiger partial charge on any atom is 0.408 e. The topological polar surface area (TPSA) is 118 Å². The summed E-state index contributed by atoms with van der Waals surface area (Å²) in [5.41, 5.74) is 0.817. The zero-order valence-electron chi connectivity index (χ0n) is 23.1. The van der Waals surface area contributed by atoms with Crippen molar-refractivity contribution in [3.63, 3.8) is 0 Å². The zero-order chi connectivity index (χ0) is 28.3. The Morgan fingerprint density at radius 2 is 1.68 bits per heavy atom. The van der Waals surface area contributed by atoms with E-state index in [1.165, 1.54) is 0 Å². The Morgan fingerprint density at radius 3 is 2.38 bits per heavy atom. The van der Waals surface area contributed by atoms with Crippen molar-refractivity contribution in [2.45, 2.75) is 33.0 Å². The van der Waals surface area contributed by atoms with E-state index in [1.54, 1.807) is 30.2 Å². The van der Waals surface area contributed by atoms with Crippen molar-refractivity contribution in [1.29, 1.82) is 0 Å². The predicted molar refractivity (Wildman–Crippen MR) is 148 cm³/mol. The number of amides is 2. The number of morpholine rings is 1. The van der Waals surface area contributed by atoms with Gasteiger partial charge in [-0.25, -0.2) is 14.2 Å². The lowest BCUT2D eigenvalue weighted by molar-refractivity contribution is -0.130. The number of imidazole rings is 1. The molecule has 2 aromatic heterocycles. The van der Waals surface area contributed by atoms with Crippen LogP contribution in [0.1, 0.15) is 26.6 Å². The van der Waals surface area contributed by atoms with E-state index in [2.05, 4.69) is 15.2 Å². The van der Waals surface area contributed by atoms with Crippen LogP contribution in [0.15, 0.2) is 30.3 Å². The Labute approximate surface area is 232 Å². The number of piperazine rings is 1. The van der Waals surface area contributed by atoms with Gasteiger partial charge in [-0.15, -0.1) is 0 Å². The van der Waals surface area contributed by atoms with Gasteiger partial charge in [-0.05, 0) is 32.9 Å². The Balaban J connectivity index is 1.36. The number of alkyl carbamates (subject to hydrolysis) is 1. The van der Waals surface area contributed by atoms with Gasteiger partial charge in [0.05, 0.1) is 24.2 Å². The lowest BCUT2D eigenvalue weighted by Gasteiger charge is -2.35. The molecule has 40 heavy (non-hydrogen) atoms. The number of hydrogen-bond acceptors (Lipinski definition) is 9. The normalized spacial score (nSPS) is 16.4. The van der Waals surface area contributed by atoms with Crippen LogP contribution in [0.3, 0.4) is 0 Å². The fourth-order valence-corrected chi connectivity index (χ4v) is 4.77. The molecule has 0 atom stereocenters. The number of carbonyl (C=O) groups excluding carboxylic acids is 2. The van der Waals surface area contributed by atoms with Crippen molar-refractivity contribution in [3.8, 4) is 5.82 Å². The number of nitrogens with one attached hydrogen (secondary N) is 1. The van der Waals surface area contributed by atoms with Crippen LogP contribution in [-0.4, -0.2) is 101 Å². The fraction of sp³-hybridized carbons (Fsp3) is 0.519. The monoisotopic (exact) mass is 554 g/mol. The quantitative estimate of drug-likeness (QED) is 0.490. The number of benzene rings is 1. The number of rotatable bonds is 6. The van der Waals surface area contributed by atoms with E-state index in [0.717, 1.165) is 11.3 Å². The van der Waals surface area contributed by atoms with Crippen molar-refractivity contribution in [3.05, 3.63) is 36.2 Å². The highest BCUT2D eigenvalue weighted by molar-refractivity contribution is 5.82. The fourth-order valence-electron chi connectivity index (χ4n) is 4.77. The molecule has 2 aliphatic rings. The molecule has 0 saturated carbocycles. The SMILES string of the molecule is CC(C)(C)OC(=O)NCC(=O)N1CCN(c2nc(N3CCOCC3)cc(-n3c(CF)nc4ccccc43)n2)CC1. The second kappa shape index (κ2) is 11.6. The van der Waals surface area contributed by atoms with Crippen molar-refractivity contribution < 1.29 is 23.5 Å². The molecule has 1 N–H and O–H groups in total. The number of para-hydroxylation sites is 2. The van der Waals surface area contributed by atoms with Crippen LogP contribution in [0.25, 0.3) is 16.9 Å². The molecule has 2 fully saturated rings. The zero-order valence-corrected chi connectivity index (χ0v) is 23.1. The number of ether oxygens (including phenoxy) is 2. The maximum atomic E-state index is 14.1. The first kappa shape index (κ1) is 27.6. The number of halogens is 1. The number of carbonyl (C=O) groups is 2. The van der Waals surface area contributed by atoms with E-state index in [0.29, 0.717) is 69.8 Å².